The minimum Gasteiger partial charge on any atom is -0.320 e. The van der Waals surface area contributed by atoms with Crippen molar-refractivity contribution in [3.8, 4) is 16.8 Å². The molecule has 1 aliphatic carbocycles. The predicted molar refractivity (Wildman–Crippen MR) is 223 cm³/mol. The van der Waals surface area contributed by atoms with Gasteiger partial charge in [0.05, 0.1) is 22.8 Å². The highest BCUT2D eigenvalue weighted by atomic mass is 15.1. The largest absolute Gasteiger partial charge is 0.320 e. The van der Waals surface area contributed by atoms with Gasteiger partial charge in [-0.05, 0) is 109 Å². The molecule has 1 heterocycles. The van der Waals surface area contributed by atoms with Crippen molar-refractivity contribution in [2.24, 2.45) is 10.7 Å². The fraction of sp³-hybridized carbons (Fsp3) is 0.104. The molecule has 9 rings (SSSR count). The number of aromatic nitrogens is 1. The standard InChI is InChI=1S/C32H26N2.C14H12N2.C2H6/c1-23-10-9-12-27(22-23)33(30-15-6-3-11-24(30)2)25-18-20-26(21-19-25)34-31-16-7-4-13-28(31)29-14-5-8-17-32(29)34;1-16-12-8-4-7-10-9-5-2-3-6-11(9)14(15)13(10)12;1-2/h3-22H,1-2H3;2-8,14H,1,15H2;1-2H3. The molecule has 0 saturated carbocycles. The van der Waals surface area contributed by atoms with Gasteiger partial charge in [-0.1, -0.05) is 117 Å². The predicted octanol–water partition coefficient (Wildman–Crippen LogP) is 12.9. The first-order valence-electron chi connectivity index (χ1n) is 18.0. The molecular formula is C48H44N4. The fourth-order valence-electron chi connectivity index (χ4n) is 7.38. The molecule has 1 atom stereocenters. The zero-order valence-corrected chi connectivity index (χ0v) is 30.3. The Kier molecular flexibility index (Phi) is 9.83. The van der Waals surface area contributed by atoms with Gasteiger partial charge in [0.1, 0.15) is 0 Å². The van der Waals surface area contributed by atoms with E-state index in [1.54, 1.807) is 0 Å². The third-order valence-corrected chi connectivity index (χ3v) is 9.71. The number of nitrogens with two attached hydrogens (primary N) is 1. The first-order chi connectivity index (χ1) is 25.5. The van der Waals surface area contributed by atoms with Crippen molar-refractivity contribution < 1.29 is 0 Å². The smallest absolute Gasteiger partial charge is 0.0679 e. The maximum absolute atomic E-state index is 6.25. The second-order valence-corrected chi connectivity index (χ2v) is 12.8. The van der Waals surface area contributed by atoms with Crippen molar-refractivity contribution >= 4 is 51.3 Å². The maximum atomic E-state index is 6.25. The van der Waals surface area contributed by atoms with Crippen molar-refractivity contribution in [2.75, 3.05) is 4.90 Å². The average Bonchev–Trinajstić information content (AvgIpc) is 3.69. The molecule has 0 radical (unpaired) electrons. The molecule has 0 fully saturated rings. The second kappa shape index (κ2) is 14.9. The molecule has 2 N–H and O–H groups in total. The normalized spacial score (nSPS) is 12.6. The number of nitrogens with zero attached hydrogens (tertiary/aromatic N) is 3. The summed E-state index contributed by atoms with van der Waals surface area (Å²) in [4.78, 5) is 6.39. The molecule has 0 saturated heterocycles. The Hall–Kier alpha value is -6.23. The molecule has 52 heavy (non-hydrogen) atoms. The van der Waals surface area contributed by atoms with Gasteiger partial charge in [-0.15, -0.1) is 0 Å². The number of para-hydroxylation sites is 3. The molecule has 7 aromatic carbocycles. The van der Waals surface area contributed by atoms with Gasteiger partial charge in [0.15, 0.2) is 0 Å². The van der Waals surface area contributed by atoms with E-state index < -0.39 is 0 Å². The van der Waals surface area contributed by atoms with Gasteiger partial charge in [0, 0.05) is 39.1 Å². The van der Waals surface area contributed by atoms with Crippen LogP contribution in [0, 0.1) is 13.8 Å². The van der Waals surface area contributed by atoms with Gasteiger partial charge in [0.25, 0.3) is 0 Å². The van der Waals surface area contributed by atoms with Crippen LogP contribution in [0.25, 0.3) is 38.6 Å². The van der Waals surface area contributed by atoms with Crippen LogP contribution in [0.15, 0.2) is 169 Å². The Bertz CT molecular complexity index is 2450. The van der Waals surface area contributed by atoms with E-state index in [1.807, 2.05) is 38.1 Å². The Morgan fingerprint density at radius 2 is 1.19 bits per heavy atom. The van der Waals surface area contributed by atoms with Crippen LogP contribution in [0.5, 0.6) is 0 Å². The summed E-state index contributed by atoms with van der Waals surface area (Å²) in [7, 11) is 0. The summed E-state index contributed by atoms with van der Waals surface area (Å²) in [5.74, 6) is 0. The molecule has 1 aromatic heterocycles. The Morgan fingerprint density at radius 1 is 0.596 bits per heavy atom. The SMILES string of the molecule is C=Nc1cccc2c1C(N)c1ccccc1-2.CC.Cc1cccc(N(c2ccc(-n3c4ccccc4c4ccccc43)cc2)c2ccccc2C)c1. The lowest BCUT2D eigenvalue weighted by Crippen LogP contribution is -2.11. The molecule has 0 bridgehead atoms. The van der Waals surface area contributed by atoms with Crippen molar-refractivity contribution in [3.05, 3.63) is 186 Å². The zero-order chi connectivity index (χ0) is 36.2. The zero-order valence-electron chi connectivity index (χ0n) is 30.3. The third-order valence-electron chi connectivity index (χ3n) is 9.71. The lowest BCUT2D eigenvalue weighted by Gasteiger charge is -2.27. The second-order valence-electron chi connectivity index (χ2n) is 12.8. The summed E-state index contributed by atoms with van der Waals surface area (Å²) in [5, 5.41) is 2.56. The van der Waals surface area contributed by atoms with E-state index in [0.717, 1.165) is 22.6 Å². The maximum Gasteiger partial charge on any atom is 0.0679 e. The molecular weight excluding hydrogens is 633 g/mol. The molecule has 8 aromatic rings. The van der Waals surface area contributed by atoms with Crippen LogP contribution in [-0.2, 0) is 0 Å². The van der Waals surface area contributed by atoms with E-state index in [0.29, 0.717) is 0 Å². The highest BCUT2D eigenvalue weighted by Crippen LogP contribution is 2.46. The third kappa shape index (κ3) is 6.19. The molecule has 0 spiro atoms. The number of rotatable bonds is 5. The van der Waals surface area contributed by atoms with Gasteiger partial charge >= 0.3 is 0 Å². The summed E-state index contributed by atoms with van der Waals surface area (Å²) < 4.78 is 2.36. The van der Waals surface area contributed by atoms with E-state index in [-0.39, 0.29) is 6.04 Å². The Balaban J connectivity index is 0.000000195. The highest BCUT2D eigenvalue weighted by Gasteiger charge is 2.27. The number of benzene rings is 7. The monoisotopic (exact) mass is 676 g/mol. The lowest BCUT2D eigenvalue weighted by molar-refractivity contribution is 0.901. The molecule has 0 aliphatic heterocycles. The van der Waals surface area contributed by atoms with Crippen molar-refractivity contribution in [2.45, 2.75) is 33.7 Å². The van der Waals surface area contributed by atoms with E-state index in [9.17, 15) is 0 Å². The number of aliphatic imine (C=N–C) groups is 1. The van der Waals surface area contributed by atoms with E-state index >= 15 is 0 Å². The van der Waals surface area contributed by atoms with Crippen LogP contribution in [0.2, 0.25) is 0 Å². The fourth-order valence-corrected chi connectivity index (χ4v) is 7.38. The van der Waals surface area contributed by atoms with E-state index in [4.69, 9.17) is 5.73 Å². The van der Waals surface area contributed by atoms with Gasteiger partial charge < -0.3 is 15.2 Å². The van der Waals surface area contributed by atoms with Gasteiger partial charge in [-0.2, -0.15) is 0 Å². The van der Waals surface area contributed by atoms with Gasteiger partial charge in [0.2, 0.25) is 0 Å². The van der Waals surface area contributed by atoms with Crippen LogP contribution in [-0.4, -0.2) is 11.3 Å². The molecule has 1 unspecified atom stereocenters. The van der Waals surface area contributed by atoms with Gasteiger partial charge in [-0.3, -0.25) is 4.99 Å². The first kappa shape index (κ1) is 34.2. The number of hydrogen-bond donors (Lipinski definition) is 1. The lowest BCUT2D eigenvalue weighted by atomic mass is 10.0. The average molecular weight is 677 g/mol. The van der Waals surface area contributed by atoms with Crippen LogP contribution in [0.1, 0.15) is 42.1 Å². The summed E-state index contributed by atoms with van der Waals surface area (Å²) in [6.45, 7) is 11.9. The summed E-state index contributed by atoms with van der Waals surface area (Å²) in [6.07, 6.45) is 0. The van der Waals surface area contributed by atoms with Gasteiger partial charge in [-0.25, -0.2) is 0 Å². The minimum absolute atomic E-state index is 0.0760. The van der Waals surface area contributed by atoms with Crippen LogP contribution in [0.4, 0.5) is 22.7 Å². The summed E-state index contributed by atoms with van der Waals surface area (Å²) >= 11 is 0. The molecule has 1 aliphatic rings. The molecule has 4 heteroatoms. The molecule has 0 amide bonds. The van der Waals surface area contributed by atoms with Crippen LogP contribution >= 0.6 is 0 Å². The minimum atomic E-state index is -0.0760. The number of hydrogen-bond acceptors (Lipinski definition) is 3. The summed E-state index contributed by atoms with van der Waals surface area (Å²) in [6, 6.07) is 57.7. The number of aryl methyl sites for hydroxylation is 2. The number of anilines is 3. The van der Waals surface area contributed by atoms with Crippen molar-refractivity contribution in [3.63, 3.8) is 0 Å². The number of fused-ring (bicyclic) bond motifs is 6. The highest BCUT2D eigenvalue weighted by molar-refractivity contribution is 6.09. The first-order valence-corrected chi connectivity index (χ1v) is 18.0. The van der Waals surface area contributed by atoms with Crippen LogP contribution in [0.3, 0.4) is 0 Å². The Labute approximate surface area is 307 Å². The van der Waals surface area contributed by atoms with Crippen molar-refractivity contribution in [1.82, 2.24) is 4.57 Å². The Morgan fingerprint density at radius 3 is 1.87 bits per heavy atom. The summed E-state index contributed by atoms with van der Waals surface area (Å²) in [5.41, 5.74) is 21.4. The topological polar surface area (TPSA) is 46.5 Å². The van der Waals surface area contributed by atoms with Crippen molar-refractivity contribution in [1.29, 1.82) is 0 Å². The quantitative estimate of drug-likeness (QED) is 0.184. The van der Waals surface area contributed by atoms with Crippen LogP contribution < -0.4 is 10.6 Å². The molecule has 256 valence electrons. The van der Waals surface area contributed by atoms with E-state index in [2.05, 4.69) is 175 Å². The van der Waals surface area contributed by atoms with E-state index in [1.165, 1.54) is 61.0 Å². The molecule has 4 nitrogen and oxygen atoms in total.